The van der Waals surface area contributed by atoms with Crippen molar-refractivity contribution in [3.8, 4) is 5.82 Å². The van der Waals surface area contributed by atoms with Crippen LogP contribution in [-0.2, 0) is 19.0 Å². The van der Waals surface area contributed by atoms with E-state index in [-0.39, 0.29) is 17.6 Å². The molecule has 3 aromatic rings. The van der Waals surface area contributed by atoms with Crippen LogP contribution in [0.4, 0.5) is 18.3 Å². The van der Waals surface area contributed by atoms with Crippen LogP contribution in [0.2, 0.25) is 0 Å². The summed E-state index contributed by atoms with van der Waals surface area (Å²) in [6, 6.07) is 2.20. The average molecular weight is 435 g/mol. The number of halogens is 3. The van der Waals surface area contributed by atoms with E-state index in [0.717, 1.165) is 43.6 Å². The number of carbonyl (C=O) groups is 1. The van der Waals surface area contributed by atoms with E-state index in [9.17, 15) is 18.0 Å². The van der Waals surface area contributed by atoms with Gasteiger partial charge in [0.2, 0.25) is 0 Å². The number of aryl methyl sites for hydroxylation is 2. The topological polar surface area (TPSA) is 72.7 Å². The Bertz CT molecular complexity index is 1050. The van der Waals surface area contributed by atoms with Crippen molar-refractivity contribution in [2.45, 2.75) is 51.6 Å². The normalized spacial score (nSPS) is 14.1. The van der Waals surface area contributed by atoms with Gasteiger partial charge >= 0.3 is 6.18 Å². The molecule has 3 heterocycles. The summed E-state index contributed by atoms with van der Waals surface area (Å²) >= 11 is 1.49. The molecule has 1 N–H and O–H groups in total. The summed E-state index contributed by atoms with van der Waals surface area (Å²) in [6.45, 7) is 3.77. The van der Waals surface area contributed by atoms with E-state index in [2.05, 4.69) is 20.4 Å². The Morgan fingerprint density at radius 1 is 1.20 bits per heavy atom. The highest BCUT2D eigenvalue weighted by Gasteiger charge is 2.31. The summed E-state index contributed by atoms with van der Waals surface area (Å²) in [5, 5.41) is 7.63. The predicted molar refractivity (Wildman–Crippen MR) is 107 cm³/mol. The zero-order valence-electron chi connectivity index (χ0n) is 16.5. The second kappa shape index (κ2) is 7.82. The number of thiazole rings is 1. The van der Waals surface area contributed by atoms with Gasteiger partial charge in [0.1, 0.15) is 0 Å². The molecule has 0 radical (unpaired) electrons. The first-order valence-corrected chi connectivity index (χ1v) is 10.5. The van der Waals surface area contributed by atoms with Gasteiger partial charge in [-0.15, -0.1) is 11.3 Å². The monoisotopic (exact) mass is 435 g/mol. The highest BCUT2D eigenvalue weighted by Crippen LogP contribution is 2.31. The third-order valence-corrected chi connectivity index (χ3v) is 6.03. The van der Waals surface area contributed by atoms with Crippen LogP contribution < -0.4 is 5.32 Å². The van der Waals surface area contributed by atoms with Gasteiger partial charge in [-0.1, -0.05) is 13.8 Å². The number of alkyl halides is 3. The first-order valence-electron chi connectivity index (χ1n) is 9.65. The summed E-state index contributed by atoms with van der Waals surface area (Å²) in [5.74, 6) is -0.236. The molecule has 158 valence electrons. The lowest BCUT2D eigenvalue weighted by Crippen LogP contribution is -2.16. The molecule has 3 aromatic heterocycles. The Morgan fingerprint density at radius 2 is 1.97 bits per heavy atom. The van der Waals surface area contributed by atoms with Gasteiger partial charge in [0.05, 0.1) is 28.7 Å². The minimum atomic E-state index is -4.46. The predicted octanol–water partition coefficient (Wildman–Crippen LogP) is 5.00. The van der Waals surface area contributed by atoms with Crippen LogP contribution in [0.3, 0.4) is 0 Å². The Labute approximate surface area is 175 Å². The number of hydrogen-bond acceptors (Lipinski definition) is 5. The number of anilines is 1. The lowest BCUT2D eigenvalue weighted by atomic mass is 10.0. The maximum Gasteiger partial charge on any atom is 0.417 e. The molecular formula is C20H20F3N5OS. The van der Waals surface area contributed by atoms with Crippen LogP contribution in [0, 0.1) is 0 Å². The molecule has 0 unspecified atom stereocenters. The minimum Gasteiger partial charge on any atom is -0.298 e. The number of pyridine rings is 1. The van der Waals surface area contributed by atoms with Crippen LogP contribution in [0.25, 0.3) is 5.82 Å². The first kappa shape index (κ1) is 20.5. The quantitative estimate of drug-likeness (QED) is 0.626. The highest BCUT2D eigenvalue weighted by molar-refractivity contribution is 7.15. The molecule has 10 heteroatoms. The molecule has 30 heavy (non-hydrogen) atoms. The second-order valence-electron chi connectivity index (χ2n) is 7.46. The van der Waals surface area contributed by atoms with E-state index in [1.54, 1.807) is 0 Å². The van der Waals surface area contributed by atoms with Crippen LogP contribution in [0.15, 0.2) is 24.5 Å². The summed E-state index contributed by atoms with van der Waals surface area (Å²) < 4.78 is 39.8. The largest absolute Gasteiger partial charge is 0.417 e. The Morgan fingerprint density at radius 3 is 2.60 bits per heavy atom. The Kier molecular flexibility index (Phi) is 5.35. The van der Waals surface area contributed by atoms with E-state index in [1.165, 1.54) is 33.2 Å². The molecule has 0 saturated carbocycles. The van der Waals surface area contributed by atoms with Crippen LogP contribution in [-0.4, -0.2) is 25.7 Å². The van der Waals surface area contributed by atoms with Crippen molar-refractivity contribution in [1.82, 2.24) is 19.7 Å². The van der Waals surface area contributed by atoms with Crippen LogP contribution in [0.1, 0.15) is 64.8 Å². The number of fused-ring (bicyclic) bond motifs is 1. The lowest BCUT2D eigenvalue weighted by molar-refractivity contribution is -0.137. The Balaban J connectivity index is 1.62. The van der Waals surface area contributed by atoms with Crippen molar-refractivity contribution in [2.24, 2.45) is 0 Å². The summed E-state index contributed by atoms with van der Waals surface area (Å²) in [7, 11) is 0. The average Bonchev–Trinajstić information content (AvgIpc) is 3.31. The Hall–Kier alpha value is -2.75. The van der Waals surface area contributed by atoms with Crippen molar-refractivity contribution in [3.63, 3.8) is 0 Å². The molecule has 0 fully saturated rings. The fraction of sp³-hybridized carbons (Fsp3) is 0.400. The third-order valence-electron chi connectivity index (χ3n) is 4.96. The van der Waals surface area contributed by atoms with Crippen molar-refractivity contribution < 1.29 is 18.0 Å². The van der Waals surface area contributed by atoms with Crippen LogP contribution in [0.5, 0.6) is 0 Å². The van der Waals surface area contributed by atoms with Gasteiger partial charge in [-0.05, 0) is 43.7 Å². The molecule has 4 rings (SSSR count). The molecule has 1 amide bonds. The number of rotatable bonds is 4. The van der Waals surface area contributed by atoms with Gasteiger partial charge in [-0.25, -0.2) is 14.6 Å². The molecule has 1 aliphatic rings. The van der Waals surface area contributed by atoms with E-state index >= 15 is 0 Å². The van der Waals surface area contributed by atoms with Crippen molar-refractivity contribution in [2.75, 3.05) is 5.32 Å². The summed E-state index contributed by atoms with van der Waals surface area (Å²) in [4.78, 5) is 22.6. The minimum absolute atomic E-state index is 0.109. The fourth-order valence-corrected chi connectivity index (χ4v) is 4.56. The lowest BCUT2D eigenvalue weighted by Gasteiger charge is -2.13. The maximum absolute atomic E-state index is 12.9. The van der Waals surface area contributed by atoms with Gasteiger partial charge in [0, 0.05) is 11.1 Å². The van der Waals surface area contributed by atoms with Gasteiger partial charge in [0.25, 0.3) is 5.91 Å². The van der Waals surface area contributed by atoms with Crippen molar-refractivity contribution in [3.05, 3.63) is 51.9 Å². The first-order chi connectivity index (χ1) is 14.2. The highest BCUT2D eigenvalue weighted by atomic mass is 32.1. The SMILES string of the molecule is CC(C)c1c(C(=O)Nc2nc3c(s2)CCCC3)cnn1-c1ccc(C(F)(F)F)cn1. The molecular weight excluding hydrogens is 415 g/mol. The van der Waals surface area contributed by atoms with E-state index < -0.39 is 11.7 Å². The molecule has 0 aromatic carbocycles. The molecule has 0 bridgehead atoms. The van der Waals surface area contributed by atoms with Crippen LogP contribution >= 0.6 is 11.3 Å². The molecule has 0 atom stereocenters. The maximum atomic E-state index is 12.9. The van der Waals surface area contributed by atoms with E-state index in [4.69, 9.17) is 0 Å². The molecule has 0 aliphatic heterocycles. The molecule has 6 nitrogen and oxygen atoms in total. The molecule has 0 spiro atoms. The number of hydrogen-bond donors (Lipinski definition) is 1. The second-order valence-corrected chi connectivity index (χ2v) is 8.55. The number of carbonyl (C=O) groups excluding carboxylic acids is 1. The molecule has 1 aliphatic carbocycles. The standard InChI is InChI=1S/C20H20F3N5OS/c1-11(2)17-13(18(29)27-19-26-14-5-3-4-6-15(14)30-19)10-25-28(17)16-8-7-12(9-24-16)20(21,22)23/h7-11H,3-6H2,1-2H3,(H,26,27,29). The van der Waals surface area contributed by atoms with Gasteiger partial charge in [-0.2, -0.15) is 18.3 Å². The van der Waals surface area contributed by atoms with Gasteiger partial charge < -0.3 is 0 Å². The summed E-state index contributed by atoms with van der Waals surface area (Å²) in [6.07, 6.45) is 1.86. The van der Waals surface area contributed by atoms with E-state index in [1.807, 2.05) is 13.8 Å². The number of nitrogens with one attached hydrogen (secondary N) is 1. The van der Waals surface area contributed by atoms with E-state index in [0.29, 0.717) is 16.4 Å². The van der Waals surface area contributed by atoms with Gasteiger partial charge in [-0.3, -0.25) is 10.1 Å². The summed E-state index contributed by atoms with van der Waals surface area (Å²) in [5.41, 5.74) is 1.13. The smallest absolute Gasteiger partial charge is 0.298 e. The van der Waals surface area contributed by atoms with Crippen molar-refractivity contribution in [1.29, 1.82) is 0 Å². The molecule has 0 saturated heterocycles. The third kappa shape index (κ3) is 3.96. The number of amides is 1. The number of nitrogens with zero attached hydrogens (tertiary/aromatic N) is 4. The van der Waals surface area contributed by atoms with Gasteiger partial charge in [0.15, 0.2) is 10.9 Å². The number of aromatic nitrogens is 4. The van der Waals surface area contributed by atoms with Crippen molar-refractivity contribution >= 4 is 22.4 Å². The fourth-order valence-electron chi connectivity index (χ4n) is 3.52. The zero-order valence-corrected chi connectivity index (χ0v) is 17.3. The zero-order chi connectivity index (χ0) is 21.5.